The van der Waals surface area contributed by atoms with Crippen LogP contribution in [-0.4, -0.2) is 24.2 Å². The van der Waals surface area contributed by atoms with Crippen LogP contribution in [0.1, 0.15) is 18.9 Å². The molecule has 0 amide bonds. The van der Waals surface area contributed by atoms with Gasteiger partial charge in [-0.1, -0.05) is 17.2 Å². The van der Waals surface area contributed by atoms with E-state index >= 15 is 0 Å². The summed E-state index contributed by atoms with van der Waals surface area (Å²) in [6, 6.07) is 5.47. The fraction of sp³-hybridized carbons (Fsp3) is 0.417. The van der Waals surface area contributed by atoms with Gasteiger partial charge in [0.15, 0.2) is 0 Å². The second kappa shape index (κ2) is 6.72. The molecular formula is C12H15FN4O2. The van der Waals surface area contributed by atoms with Crippen molar-refractivity contribution in [3.8, 4) is 0 Å². The third-order valence-corrected chi connectivity index (χ3v) is 2.81. The molecule has 0 fully saturated rings. The molecule has 0 aliphatic heterocycles. The van der Waals surface area contributed by atoms with E-state index < -0.39 is 17.3 Å². The molecule has 1 unspecified atom stereocenters. The molecule has 1 rings (SSSR count). The van der Waals surface area contributed by atoms with Crippen LogP contribution in [0.2, 0.25) is 0 Å². The van der Waals surface area contributed by atoms with Gasteiger partial charge in [0, 0.05) is 11.5 Å². The van der Waals surface area contributed by atoms with Gasteiger partial charge in [0.25, 0.3) is 0 Å². The first-order valence-electron chi connectivity index (χ1n) is 5.76. The topological polar surface area (TPSA) is 98.1 Å². The van der Waals surface area contributed by atoms with Gasteiger partial charge in [-0.3, -0.25) is 5.32 Å². The highest BCUT2D eigenvalue weighted by Crippen LogP contribution is 2.21. The summed E-state index contributed by atoms with van der Waals surface area (Å²) < 4.78 is 13.2. The Bertz CT molecular complexity index is 502. The number of carboxylic acids is 1. The van der Waals surface area contributed by atoms with Crippen LogP contribution in [0.3, 0.4) is 0 Å². The summed E-state index contributed by atoms with van der Waals surface area (Å²) in [5, 5.41) is 15.5. The van der Waals surface area contributed by atoms with Crippen molar-refractivity contribution in [1.29, 1.82) is 0 Å². The van der Waals surface area contributed by atoms with Crippen LogP contribution in [-0.2, 0) is 10.3 Å². The fourth-order valence-corrected chi connectivity index (χ4v) is 1.63. The average Bonchev–Trinajstić information content (AvgIpc) is 2.38. The lowest BCUT2D eigenvalue weighted by Gasteiger charge is -2.27. The number of rotatable bonds is 7. The van der Waals surface area contributed by atoms with E-state index in [4.69, 9.17) is 5.53 Å². The standard InChI is InChI=1S/C12H15FN4O2/c1-12(11(18)19,15-6-3-7-16-17-14)9-4-2-5-10(13)8-9/h2,4-5,8,15H,3,6-7H2,1H3,(H,18,19). The van der Waals surface area contributed by atoms with Crippen molar-refractivity contribution >= 4 is 5.97 Å². The maximum atomic E-state index is 13.2. The highest BCUT2D eigenvalue weighted by Gasteiger charge is 2.34. The fourth-order valence-electron chi connectivity index (χ4n) is 1.63. The van der Waals surface area contributed by atoms with Crippen LogP contribution in [0.15, 0.2) is 29.4 Å². The predicted molar refractivity (Wildman–Crippen MR) is 68.0 cm³/mol. The largest absolute Gasteiger partial charge is 0.480 e. The molecule has 1 atom stereocenters. The Morgan fingerprint density at radius 3 is 2.95 bits per heavy atom. The average molecular weight is 266 g/mol. The highest BCUT2D eigenvalue weighted by atomic mass is 19.1. The van der Waals surface area contributed by atoms with Crippen molar-refractivity contribution in [2.45, 2.75) is 18.9 Å². The Balaban J connectivity index is 2.80. The molecule has 0 saturated carbocycles. The third kappa shape index (κ3) is 3.94. The Morgan fingerprint density at radius 2 is 2.37 bits per heavy atom. The van der Waals surface area contributed by atoms with E-state index in [9.17, 15) is 14.3 Å². The predicted octanol–water partition coefficient (Wildman–Crippen LogP) is 2.42. The van der Waals surface area contributed by atoms with E-state index in [-0.39, 0.29) is 6.54 Å². The minimum atomic E-state index is -1.38. The number of hydrogen-bond donors (Lipinski definition) is 2. The number of nitrogens with one attached hydrogen (secondary N) is 1. The van der Waals surface area contributed by atoms with Crippen LogP contribution < -0.4 is 5.32 Å². The molecule has 0 aliphatic carbocycles. The highest BCUT2D eigenvalue weighted by molar-refractivity contribution is 5.80. The van der Waals surface area contributed by atoms with E-state index in [1.165, 1.54) is 25.1 Å². The van der Waals surface area contributed by atoms with Crippen LogP contribution in [0.4, 0.5) is 4.39 Å². The molecule has 6 nitrogen and oxygen atoms in total. The summed E-state index contributed by atoms with van der Waals surface area (Å²) in [5.74, 6) is -1.58. The van der Waals surface area contributed by atoms with Crippen molar-refractivity contribution in [3.05, 3.63) is 46.1 Å². The summed E-state index contributed by atoms with van der Waals surface area (Å²) >= 11 is 0. The number of azide groups is 1. The molecule has 0 saturated heterocycles. The van der Waals surface area contributed by atoms with Crippen molar-refractivity contribution in [2.75, 3.05) is 13.1 Å². The summed E-state index contributed by atoms with van der Waals surface area (Å²) in [6.07, 6.45) is 0.502. The van der Waals surface area contributed by atoms with Crippen molar-refractivity contribution in [3.63, 3.8) is 0 Å². The number of hydrogen-bond acceptors (Lipinski definition) is 3. The molecule has 1 aromatic rings. The van der Waals surface area contributed by atoms with Crippen molar-refractivity contribution < 1.29 is 14.3 Å². The summed E-state index contributed by atoms with van der Waals surface area (Å²) in [6.45, 7) is 2.10. The molecule has 0 heterocycles. The van der Waals surface area contributed by atoms with E-state index in [2.05, 4.69) is 15.3 Å². The monoisotopic (exact) mass is 266 g/mol. The molecule has 0 aliphatic rings. The number of carbonyl (C=O) groups is 1. The van der Waals surface area contributed by atoms with Gasteiger partial charge in [0.1, 0.15) is 11.4 Å². The van der Waals surface area contributed by atoms with Gasteiger partial charge in [-0.25, -0.2) is 9.18 Å². The Hall–Kier alpha value is -2.11. The first-order valence-corrected chi connectivity index (χ1v) is 5.76. The Labute approximate surface area is 109 Å². The first-order chi connectivity index (χ1) is 9.00. The van der Waals surface area contributed by atoms with Gasteiger partial charge in [0.2, 0.25) is 0 Å². The maximum Gasteiger partial charge on any atom is 0.328 e. The molecule has 0 radical (unpaired) electrons. The van der Waals surface area contributed by atoms with Gasteiger partial charge in [-0.15, -0.1) is 0 Å². The molecule has 1 aromatic carbocycles. The quantitative estimate of drug-likeness (QED) is 0.343. The first kappa shape index (κ1) is 14.9. The summed E-state index contributed by atoms with van der Waals surface area (Å²) in [5.41, 5.74) is 7.08. The lowest BCUT2D eigenvalue weighted by atomic mass is 9.92. The minimum Gasteiger partial charge on any atom is -0.480 e. The zero-order valence-corrected chi connectivity index (χ0v) is 10.5. The van der Waals surface area contributed by atoms with E-state index in [1.807, 2.05) is 0 Å². The number of nitrogens with zero attached hydrogens (tertiary/aromatic N) is 3. The van der Waals surface area contributed by atoms with Gasteiger partial charge in [0.05, 0.1) is 0 Å². The number of carboxylic acid groups (broad SMARTS) is 1. The molecule has 2 N–H and O–H groups in total. The normalized spacial score (nSPS) is 13.4. The van der Waals surface area contributed by atoms with E-state index in [0.29, 0.717) is 18.5 Å². The second-order valence-electron chi connectivity index (χ2n) is 4.18. The zero-order chi connectivity index (χ0) is 14.3. The molecule has 19 heavy (non-hydrogen) atoms. The van der Waals surface area contributed by atoms with E-state index in [0.717, 1.165) is 0 Å². The minimum absolute atomic E-state index is 0.280. The molecule has 0 bridgehead atoms. The van der Waals surface area contributed by atoms with Crippen LogP contribution in [0.25, 0.3) is 10.4 Å². The van der Waals surface area contributed by atoms with E-state index in [1.54, 1.807) is 6.07 Å². The smallest absolute Gasteiger partial charge is 0.328 e. The number of aliphatic carboxylic acids is 1. The lowest BCUT2D eigenvalue weighted by Crippen LogP contribution is -2.47. The Kier molecular flexibility index (Phi) is 5.29. The van der Waals surface area contributed by atoms with Crippen LogP contribution in [0.5, 0.6) is 0 Å². The Morgan fingerprint density at radius 1 is 1.63 bits per heavy atom. The van der Waals surface area contributed by atoms with Gasteiger partial charge in [-0.2, -0.15) is 0 Å². The third-order valence-electron chi connectivity index (χ3n) is 2.81. The SMILES string of the molecule is CC(NCCCN=[N+]=[N-])(C(=O)O)c1cccc(F)c1. The molecule has 7 heteroatoms. The van der Waals surface area contributed by atoms with Crippen molar-refractivity contribution in [2.24, 2.45) is 5.11 Å². The zero-order valence-electron chi connectivity index (χ0n) is 10.5. The molecule has 102 valence electrons. The lowest BCUT2D eigenvalue weighted by molar-refractivity contribution is -0.144. The van der Waals surface area contributed by atoms with Crippen molar-refractivity contribution in [1.82, 2.24) is 5.32 Å². The molecule has 0 spiro atoms. The maximum absolute atomic E-state index is 13.2. The van der Waals surface area contributed by atoms with Gasteiger partial charge >= 0.3 is 5.97 Å². The summed E-state index contributed by atoms with van der Waals surface area (Å²) in [7, 11) is 0. The van der Waals surface area contributed by atoms with Crippen LogP contribution in [0, 0.1) is 5.82 Å². The summed E-state index contributed by atoms with van der Waals surface area (Å²) in [4.78, 5) is 14.0. The molecule has 0 aromatic heterocycles. The second-order valence-corrected chi connectivity index (χ2v) is 4.18. The van der Waals surface area contributed by atoms with Gasteiger partial charge in [-0.05, 0) is 43.1 Å². The van der Waals surface area contributed by atoms with Crippen LogP contribution >= 0.6 is 0 Å². The number of benzene rings is 1. The number of halogens is 1. The molecular weight excluding hydrogens is 251 g/mol. The van der Waals surface area contributed by atoms with Gasteiger partial charge < -0.3 is 5.11 Å².